The van der Waals surface area contributed by atoms with E-state index in [0.717, 1.165) is 22.6 Å². The molecule has 1 N–H and O–H groups in total. The lowest BCUT2D eigenvalue weighted by molar-refractivity contribution is 0.209. The number of hydrogen-bond acceptors (Lipinski definition) is 2. The van der Waals surface area contributed by atoms with Crippen molar-refractivity contribution >= 4 is 21.6 Å². The molecule has 2 aromatic rings. The van der Waals surface area contributed by atoms with Gasteiger partial charge < -0.3 is 10.1 Å². The molecule has 0 amide bonds. The average Bonchev–Trinajstić information content (AvgIpc) is 2.41. The first kappa shape index (κ1) is 13.4. The molecule has 1 heterocycles. The van der Waals surface area contributed by atoms with Crippen molar-refractivity contribution in [3.05, 3.63) is 57.3 Å². The molecule has 20 heavy (non-hydrogen) atoms. The molecule has 0 bridgehead atoms. The summed E-state index contributed by atoms with van der Waals surface area (Å²) in [6.07, 6.45) is -0.110. The summed E-state index contributed by atoms with van der Waals surface area (Å²) < 4.78 is 19.9. The highest BCUT2D eigenvalue weighted by Gasteiger charge is 2.23. The van der Waals surface area contributed by atoms with Gasteiger partial charge in [-0.2, -0.15) is 0 Å². The summed E-state index contributed by atoms with van der Waals surface area (Å²) in [5.74, 6) is 0.622. The first-order valence-electron chi connectivity index (χ1n) is 6.51. The highest BCUT2D eigenvalue weighted by Crippen LogP contribution is 2.38. The topological polar surface area (TPSA) is 21.3 Å². The largest absolute Gasteiger partial charge is 0.481 e. The molecular formula is C16H15BrFNO. The molecule has 0 saturated carbocycles. The highest BCUT2D eigenvalue weighted by molar-refractivity contribution is 9.10. The van der Waals surface area contributed by atoms with Crippen molar-refractivity contribution in [2.75, 3.05) is 11.9 Å². The van der Waals surface area contributed by atoms with E-state index in [1.54, 1.807) is 12.1 Å². The number of aryl methyl sites for hydroxylation is 2. The fourth-order valence-corrected chi connectivity index (χ4v) is 2.92. The number of nitrogens with one attached hydrogen (secondary N) is 1. The molecule has 2 nitrogen and oxygen atoms in total. The predicted molar refractivity (Wildman–Crippen MR) is 81.9 cm³/mol. The van der Waals surface area contributed by atoms with Crippen LogP contribution in [0, 0.1) is 19.7 Å². The van der Waals surface area contributed by atoms with Gasteiger partial charge in [-0.05, 0) is 64.7 Å². The zero-order valence-corrected chi connectivity index (χ0v) is 12.9. The summed E-state index contributed by atoms with van der Waals surface area (Å²) in [7, 11) is 0. The Hall–Kier alpha value is -1.55. The zero-order valence-electron chi connectivity index (χ0n) is 11.3. The second-order valence-corrected chi connectivity index (χ2v) is 5.97. The molecule has 4 heteroatoms. The van der Waals surface area contributed by atoms with Crippen LogP contribution in [-0.2, 0) is 0 Å². The fourth-order valence-electron chi connectivity index (χ4n) is 2.53. The molecule has 0 saturated heterocycles. The van der Waals surface area contributed by atoms with Crippen molar-refractivity contribution in [1.29, 1.82) is 0 Å². The maximum Gasteiger partial charge on any atom is 0.146 e. The third kappa shape index (κ3) is 2.40. The second-order valence-electron chi connectivity index (χ2n) is 5.12. The highest BCUT2D eigenvalue weighted by atomic mass is 79.9. The molecule has 1 atom stereocenters. The van der Waals surface area contributed by atoms with Crippen LogP contribution in [0.15, 0.2) is 34.8 Å². The molecule has 3 rings (SSSR count). The van der Waals surface area contributed by atoms with Gasteiger partial charge in [0.15, 0.2) is 0 Å². The van der Waals surface area contributed by atoms with Crippen LogP contribution in [-0.4, -0.2) is 6.54 Å². The van der Waals surface area contributed by atoms with Gasteiger partial charge in [-0.25, -0.2) is 4.39 Å². The molecule has 0 aliphatic carbocycles. The van der Waals surface area contributed by atoms with Crippen LogP contribution >= 0.6 is 15.9 Å². The second kappa shape index (κ2) is 5.09. The molecule has 2 aromatic carbocycles. The number of hydrogen-bond donors (Lipinski definition) is 1. The lowest BCUT2D eigenvalue weighted by atomic mass is 10.0. The zero-order chi connectivity index (χ0) is 14.3. The minimum atomic E-state index is -0.260. The van der Waals surface area contributed by atoms with Crippen molar-refractivity contribution in [2.45, 2.75) is 20.0 Å². The Bertz CT molecular complexity index is 672. The summed E-state index contributed by atoms with van der Waals surface area (Å²) in [5.41, 5.74) is 4.30. The van der Waals surface area contributed by atoms with Gasteiger partial charge in [0.1, 0.15) is 17.7 Å². The number of anilines is 1. The maximum absolute atomic E-state index is 13.3. The van der Waals surface area contributed by atoms with Gasteiger partial charge in [0.05, 0.1) is 16.7 Å². The van der Waals surface area contributed by atoms with E-state index in [1.807, 2.05) is 6.92 Å². The third-order valence-corrected chi connectivity index (χ3v) is 4.08. The van der Waals surface area contributed by atoms with Crippen LogP contribution in [0.3, 0.4) is 0 Å². The predicted octanol–water partition coefficient (Wildman–Crippen LogP) is 4.75. The Morgan fingerprint density at radius 3 is 2.80 bits per heavy atom. The number of benzene rings is 2. The van der Waals surface area contributed by atoms with Crippen LogP contribution in [0.4, 0.5) is 10.1 Å². The summed E-state index contributed by atoms with van der Waals surface area (Å²) in [5, 5.41) is 3.39. The molecule has 0 radical (unpaired) electrons. The summed E-state index contributed by atoms with van der Waals surface area (Å²) in [4.78, 5) is 0. The van der Waals surface area contributed by atoms with Crippen molar-refractivity contribution in [3.8, 4) is 5.75 Å². The Labute approximate surface area is 126 Å². The standard InChI is InChI=1S/C16H15BrFNO/c1-9-5-10(2)16-14(6-9)19-8-15(20-16)11-3-4-13(18)12(17)7-11/h3-7,15,19H,8H2,1-2H3. The summed E-state index contributed by atoms with van der Waals surface area (Å²) in [6, 6.07) is 9.18. The number of fused-ring (bicyclic) bond motifs is 1. The van der Waals surface area contributed by atoms with Crippen LogP contribution in [0.25, 0.3) is 0 Å². The molecule has 104 valence electrons. The van der Waals surface area contributed by atoms with Crippen LogP contribution in [0.5, 0.6) is 5.75 Å². The van der Waals surface area contributed by atoms with E-state index in [1.165, 1.54) is 11.6 Å². The lowest BCUT2D eigenvalue weighted by Gasteiger charge is -2.29. The Morgan fingerprint density at radius 1 is 1.25 bits per heavy atom. The number of ether oxygens (including phenoxy) is 1. The smallest absolute Gasteiger partial charge is 0.146 e. The van der Waals surface area contributed by atoms with Crippen LogP contribution < -0.4 is 10.1 Å². The first-order valence-corrected chi connectivity index (χ1v) is 7.30. The molecule has 1 aliphatic heterocycles. The van der Waals surface area contributed by atoms with Gasteiger partial charge in [0, 0.05) is 0 Å². The molecule has 1 aliphatic rings. The van der Waals surface area contributed by atoms with Gasteiger partial charge in [-0.15, -0.1) is 0 Å². The van der Waals surface area contributed by atoms with E-state index < -0.39 is 0 Å². The molecule has 1 unspecified atom stereocenters. The van der Waals surface area contributed by atoms with E-state index in [4.69, 9.17) is 4.74 Å². The van der Waals surface area contributed by atoms with Crippen molar-refractivity contribution in [2.24, 2.45) is 0 Å². The lowest BCUT2D eigenvalue weighted by Crippen LogP contribution is -2.24. The van der Waals surface area contributed by atoms with Gasteiger partial charge in [0.25, 0.3) is 0 Å². The fraction of sp³-hybridized carbons (Fsp3) is 0.250. The van der Waals surface area contributed by atoms with Gasteiger partial charge in [-0.3, -0.25) is 0 Å². The molecule has 0 fully saturated rings. The van der Waals surface area contributed by atoms with Crippen molar-refractivity contribution in [3.63, 3.8) is 0 Å². The Morgan fingerprint density at radius 2 is 2.05 bits per heavy atom. The average molecular weight is 336 g/mol. The van der Waals surface area contributed by atoms with E-state index in [0.29, 0.717) is 11.0 Å². The number of halogens is 2. The minimum Gasteiger partial charge on any atom is -0.481 e. The van der Waals surface area contributed by atoms with Crippen molar-refractivity contribution < 1.29 is 9.13 Å². The molecule has 0 aromatic heterocycles. The van der Waals surface area contributed by atoms with Gasteiger partial charge in [0.2, 0.25) is 0 Å². The maximum atomic E-state index is 13.3. The first-order chi connectivity index (χ1) is 9.54. The number of rotatable bonds is 1. The molecule has 0 spiro atoms. The van der Waals surface area contributed by atoms with Crippen molar-refractivity contribution in [1.82, 2.24) is 0 Å². The van der Waals surface area contributed by atoms with Crippen LogP contribution in [0.2, 0.25) is 0 Å². The SMILES string of the molecule is Cc1cc(C)c2c(c1)NCC(c1ccc(F)c(Br)c1)O2. The van der Waals surface area contributed by atoms with E-state index in [-0.39, 0.29) is 11.9 Å². The summed E-state index contributed by atoms with van der Waals surface area (Å²) in [6.45, 7) is 4.78. The Balaban J connectivity index is 1.93. The van der Waals surface area contributed by atoms with E-state index in [9.17, 15) is 4.39 Å². The third-order valence-electron chi connectivity index (χ3n) is 3.47. The van der Waals surface area contributed by atoms with E-state index in [2.05, 4.69) is 40.3 Å². The quantitative estimate of drug-likeness (QED) is 0.811. The van der Waals surface area contributed by atoms with Crippen LogP contribution in [0.1, 0.15) is 22.8 Å². The van der Waals surface area contributed by atoms with Gasteiger partial charge in [-0.1, -0.05) is 12.1 Å². The molecular weight excluding hydrogens is 321 g/mol. The van der Waals surface area contributed by atoms with E-state index >= 15 is 0 Å². The summed E-state index contributed by atoms with van der Waals surface area (Å²) >= 11 is 3.22. The minimum absolute atomic E-state index is 0.110. The van der Waals surface area contributed by atoms with Gasteiger partial charge >= 0.3 is 0 Å². The monoisotopic (exact) mass is 335 g/mol. The normalized spacial score (nSPS) is 17.1. The Kier molecular flexibility index (Phi) is 3.42.